The summed E-state index contributed by atoms with van der Waals surface area (Å²) >= 11 is 0. The summed E-state index contributed by atoms with van der Waals surface area (Å²) < 4.78 is 7.68. The third kappa shape index (κ3) is 3.19. The van der Waals surface area contributed by atoms with Gasteiger partial charge in [0.1, 0.15) is 19.6 Å². The molecule has 0 saturated carbocycles. The van der Waals surface area contributed by atoms with Gasteiger partial charge in [0, 0.05) is 6.54 Å². The number of hydrogen-bond donors (Lipinski definition) is 1. The van der Waals surface area contributed by atoms with E-state index in [0.717, 1.165) is 37.2 Å². The predicted octanol–water partition coefficient (Wildman–Crippen LogP) is 2.81. The van der Waals surface area contributed by atoms with Crippen LogP contribution in [0.5, 0.6) is 5.75 Å². The van der Waals surface area contributed by atoms with Gasteiger partial charge >= 0.3 is 0 Å². The lowest BCUT2D eigenvalue weighted by Gasteiger charge is -2.45. The lowest BCUT2D eigenvalue weighted by molar-refractivity contribution is -0.0151. The van der Waals surface area contributed by atoms with Crippen molar-refractivity contribution in [3.8, 4) is 5.75 Å². The highest BCUT2D eigenvalue weighted by molar-refractivity contribution is 6.73. The Kier molecular flexibility index (Phi) is 4.04. The van der Waals surface area contributed by atoms with Gasteiger partial charge < -0.3 is 14.4 Å². The molecule has 1 aromatic rings. The van der Waals surface area contributed by atoms with Crippen LogP contribution in [0, 0.1) is 0 Å². The fourth-order valence-electron chi connectivity index (χ4n) is 2.75. The average Bonchev–Trinajstić information content (AvgIpc) is 2.38. The lowest BCUT2D eigenvalue weighted by atomic mass is 9.86. The molecule has 0 spiro atoms. The van der Waals surface area contributed by atoms with E-state index in [1.54, 1.807) is 7.11 Å². The lowest BCUT2D eigenvalue weighted by Crippen LogP contribution is -2.55. The van der Waals surface area contributed by atoms with Crippen LogP contribution >= 0.6 is 0 Å². The first kappa shape index (κ1) is 14.6. The number of methoxy groups -OCH3 is 1. The van der Waals surface area contributed by atoms with Crippen LogP contribution in [0.25, 0.3) is 0 Å². The van der Waals surface area contributed by atoms with Crippen molar-refractivity contribution in [1.82, 2.24) is 4.57 Å². The van der Waals surface area contributed by atoms with Crippen molar-refractivity contribution in [2.75, 3.05) is 20.2 Å². The Morgan fingerprint density at radius 2 is 1.84 bits per heavy atom. The number of nitrogens with zero attached hydrogens (tertiary/aromatic N) is 1. The van der Waals surface area contributed by atoms with Crippen LogP contribution in [0.4, 0.5) is 0 Å². The summed E-state index contributed by atoms with van der Waals surface area (Å²) in [5.41, 5.74) is 0.307. The largest absolute Gasteiger partial charge is 0.497 e. The molecule has 1 saturated heterocycles. The molecule has 0 aromatic heterocycles. The van der Waals surface area contributed by atoms with Gasteiger partial charge in [-0.1, -0.05) is 31.8 Å². The zero-order chi connectivity index (χ0) is 14.1. The summed E-state index contributed by atoms with van der Waals surface area (Å²) in [4.78, 5) is 0. The predicted molar refractivity (Wildman–Crippen MR) is 81.0 cm³/mol. The van der Waals surface area contributed by atoms with Crippen LogP contribution in [0.2, 0.25) is 19.6 Å². The van der Waals surface area contributed by atoms with E-state index in [9.17, 15) is 5.11 Å². The van der Waals surface area contributed by atoms with Crippen molar-refractivity contribution in [2.45, 2.75) is 38.1 Å². The second kappa shape index (κ2) is 5.27. The van der Waals surface area contributed by atoms with E-state index in [2.05, 4.69) is 24.2 Å². The molecule has 2 rings (SSSR count). The summed E-state index contributed by atoms with van der Waals surface area (Å²) in [7, 11) is 0.317. The van der Waals surface area contributed by atoms with Crippen LogP contribution in [0.15, 0.2) is 24.3 Å². The smallest absolute Gasteiger partial charge is 0.119 e. The quantitative estimate of drug-likeness (QED) is 0.864. The molecular weight excluding hydrogens is 254 g/mol. The zero-order valence-electron chi connectivity index (χ0n) is 12.4. The third-order valence-electron chi connectivity index (χ3n) is 4.05. The third-order valence-corrected chi connectivity index (χ3v) is 6.33. The van der Waals surface area contributed by atoms with Gasteiger partial charge in [-0.2, -0.15) is 0 Å². The van der Waals surface area contributed by atoms with Crippen LogP contribution in [0.3, 0.4) is 0 Å². The first-order valence-electron chi connectivity index (χ1n) is 6.97. The average molecular weight is 279 g/mol. The number of ether oxygens (including phenoxy) is 1. The zero-order valence-corrected chi connectivity index (χ0v) is 13.4. The van der Waals surface area contributed by atoms with Crippen molar-refractivity contribution in [3.63, 3.8) is 0 Å². The molecule has 1 unspecified atom stereocenters. The SMILES string of the molecule is COc1ccc(C2(O)CCCN([Si](C)(C)C)C2)cc1. The topological polar surface area (TPSA) is 32.7 Å². The molecule has 0 aliphatic carbocycles. The van der Waals surface area contributed by atoms with Gasteiger partial charge in [0.15, 0.2) is 0 Å². The Hall–Kier alpha value is -0.843. The number of β-amino-alcohol motifs (C(OH)–C–C–N with tert-alkyl or cyclic N) is 1. The summed E-state index contributed by atoms with van der Waals surface area (Å²) in [5.74, 6) is 0.838. The molecule has 1 aliphatic rings. The molecule has 106 valence electrons. The van der Waals surface area contributed by atoms with Gasteiger partial charge in [-0.15, -0.1) is 0 Å². The van der Waals surface area contributed by atoms with Crippen molar-refractivity contribution in [2.24, 2.45) is 0 Å². The highest BCUT2D eigenvalue weighted by Gasteiger charge is 2.38. The van der Waals surface area contributed by atoms with E-state index >= 15 is 0 Å². The summed E-state index contributed by atoms with van der Waals surface area (Å²) in [6, 6.07) is 7.85. The maximum atomic E-state index is 11.0. The summed E-state index contributed by atoms with van der Waals surface area (Å²) in [6.45, 7) is 8.90. The second-order valence-corrected chi connectivity index (χ2v) is 11.4. The maximum Gasteiger partial charge on any atom is 0.119 e. The van der Waals surface area contributed by atoms with Crippen molar-refractivity contribution < 1.29 is 9.84 Å². The number of benzene rings is 1. The molecular formula is C15H25NO2Si. The van der Waals surface area contributed by atoms with E-state index < -0.39 is 13.8 Å². The van der Waals surface area contributed by atoms with Gasteiger partial charge in [-0.05, 0) is 37.1 Å². The second-order valence-electron chi connectivity index (χ2n) is 6.46. The van der Waals surface area contributed by atoms with E-state index in [1.807, 2.05) is 24.3 Å². The molecule has 1 heterocycles. The molecule has 0 radical (unpaired) electrons. The fraction of sp³-hybridized carbons (Fsp3) is 0.600. The van der Waals surface area contributed by atoms with Gasteiger partial charge in [-0.3, -0.25) is 0 Å². The first-order chi connectivity index (χ1) is 8.85. The molecule has 1 atom stereocenters. The number of piperidine rings is 1. The normalized spacial score (nSPS) is 25.3. The van der Waals surface area contributed by atoms with E-state index in [1.165, 1.54) is 0 Å². The van der Waals surface area contributed by atoms with Gasteiger partial charge in [0.25, 0.3) is 0 Å². The Morgan fingerprint density at radius 3 is 2.37 bits per heavy atom. The van der Waals surface area contributed by atoms with Crippen LogP contribution in [-0.4, -0.2) is 38.1 Å². The molecule has 1 N–H and O–H groups in total. The Balaban J connectivity index is 2.21. The number of rotatable bonds is 3. The summed E-state index contributed by atoms with van der Waals surface area (Å²) in [5, 5.41) is 11.0. The molecule has 1 aromatic carbocycles. The minimum Gasteiger partial charge on any atom is -0.497 e. The van der Waals surface area contributed by atoms with Gasteiger partial charge in [0.05, 0.1) is 7.11 Å². The standard InChI is InChI=1S/C15H25NO2Si/c1-18-14-8-6-13(7-9-14)15(17)10-5-11-16(12-15)19(2,3)4/h6-9,17H,5,10-12H2,1-4H3. The number of aliphatic hydroxyl groups is 1. The van der Waals surface area contributed by atoms with Gasteiger partial charge in [-0.25, -0.2) is 0 Å². The minimum absolute atomic E-state index is 0.704. The molecule has 0 bridgehead atoms. The van der Waals surface area contributed by atoms with E-state index in [0.29, 0.717) is 0 Å². The summed E-state index contributed by atoms with van der Waals surface area (Å²) in [6.07, 6.45) is 1.91. The van der Waals surface area contributed by atoms with Crippen molar-refractivity contribution in [3.05, 3.63) is 29.8 Å². The van der Waals surface area contributed by atoms with E-state index in [-0.39, 0.29) is 0 Å². The van der Waals surface area contributed by atoms with Crippen LogP contribution in [0.1, 0.15) is 18.4 Å². The molecule has 3 nitrogen and oxygen atoms in total. The Morgan fingerprint density at radius 1 is 1.21 bits per heavy atom. The Labute approximate surface area is 117 Å². The molecule has 19 heavy (non-hydrogen) atoms. The van der Waals surface area contributed by atoms with E-state index in [4.69, 9.17) is 4.74 Å². The minimum atomic E-state index is -1.35. The molecule has 0 amide bonds. The molecule has 1 fully saturated rings. The van der Waals surface area contributed by atoms with Gasteiger partial charge in [0.2, 0.25) is 0 Å². The highest BCUT2D eigenvalue weighted by atomic mass is 28.3. The first-order valence-corrected chi connectivity index (χ1v) is 10.4. The molecule has 4 heteroatoms. The molecule has 1 aliphatic heterocycles. The maximum absolute atomic E-state index is 11.0. The van der Waals surface area contributed by atoms with Crippen molar-refractivity contribution in [1.29, 1.82) is 0 Å². The van der Waals surface area contributed by atoms with Crippen LogP contribution < -0.4 is 4.74 Å². The van der Waals surface area contributed by atoms with Crippen molar-refractivity contribution >= 4 is 8.24 Å². The number of hydrogen-bond acceptors (Lipinski definition) is 3. The highest BCUT2D eigenvalue weighted by Crippen LogP contribution is 2.34. The monoisotopic (exact) mass is 279 g/mol. The Bertz CT molecular complexity index is 427. The van der Waals surface area contributed by atoms with Crippen LogP contribution in [-0.2, 0) is 5.60 Å². The fourth-order valence-corrected chi connectivity index (χ4v) is 4.31.